The van der Waals surface area contributed by atoms with E-state index in [1.807, 2.05) is 41.8 Å². The van der Waals surface area contributed by atoms with Gasteiger partial charge in [0.1, 0.15) is 0 Å². The van der Waals surface area contributed by atoms with E-state index >= 15 is 0 Å². The SMILES string of the molecule is Cn1c(=O)n(C[C@H](O)COCc2cccs2)c2ccccc21. The van der Waals surface area contributed by atoms with Crippen LogP contribution in [-0.4, -0.2) is 27.0 Å². The zero-order chi connectivity index (χ0) is 15.5. The first kappa shape index (κ1) is 15.0. The number of aliphatic hydroxyl groups is 1. The molecule has 0 saturated heterocycles. The Morgan fingerprint density at radius 1 is 1.23 bits per heavy atom. The molecule has 0 bridgehead atoms. The molecule has 5 nitrogen and oxygen atoms in total. The molecule has 0 radical (unpaired) electrons. The number of imidazole rings is 1. The average Bonchev–Trinajstić information content (AvgIpc) is 3.11. The molecule has 0 unspecified atom stereocenters. The van der Waals surface area contributed by atoms with Crippen molar-refractivity contribution in [2.45, 2.75) is 19.3 Å². The molecule has 1 aromatic carbocycles. The molecule has 0 saturated carbocycles. The van der Waals surface area contributed by atoms with Gasteiger partial charge >= 0.3 is 5.69 Å². The highest BCUT2D eigenvalue weighted by atomic mass is 32.1. The zero-order valence-corrected chi connectivity index (χ0v) is 13.1. The molecular formula is C16H18N2O3S. The summed E-state index contributed by atoms with van der Waals surface area (Å²) in [5.74, 6) is 0. The zero-order valence-electron chi connectivity index (χ0n) is 12.3. The third-order valence-electron chi connectivity index (χ3n) is 3.58. The summed E-state index contributed by atoms with van der Waals surface area (Å²) in [6.07, 6.45) is -0.719. The Morgan fingerprint density at radius 3 is 2.73 bits per heavy atom. The first-order chi connectivity index (χ1) is 10.7. The van der Waals surface area contributed by atoms with Crippen LogP contribution >= 0.6 is 11.3 Å². The van der Waals surface area contributed by atoms with E-state index < -0.39 is 6.10 Å². The minimum atomic E-state index is -0.719. The quantitative estimate of drug-likeness (QED) is 0.756. The van der Waals surface area contributed by atoms with Crippen LogP contribution in [0, 0.1) is 0 Å². The molecule has 116 valence electrons. The van der Waals surface area contributed by atoms with E-state index in [4.69, 9.17) is 4.74 Å². The minimum absolute atomic E-state index is 0.126. The summed E-state index contributed by atoms with van der Waals surface area (Å²) >= 11 is 1.62. The average molecular weight is 318 g/mol. The largest absolute Gasteiger partial charge is 0.389 e. The van der Waals surface area contributed by atoms with Gasteiger partial charge < -0.3 is 9.84 Å². The molecule has 3 rings (SSSR count). The Balaban J connectivity index is 1.67. The summed E-state index contributed by atoms with van der Waals surface area (Å²) in [6.45, 7) is 0.914. The van der Waals surface area contributed by atoms with Gasteiger partial charge in [-0.15, -0.1) is 11.3 Å². The smallest absolute Gasteiger partial charge is 0.328 e. The highest BCUT2D eigenvalue weighted by molar-refractivity contribution is 7.09. The standard InChI is InChI=1S/C16H18N2O3S/c1-17-14-6-2-3-7-15(14)18(16(17)20)9-12(19)10-21-11-13-5-4-8-22-13/h2-8,12,19H,9-11H2,1H3/t12-/m0/s1. The molecule has 1 N–H and O–H groups in total. The highest BCUT2D eigenvalue weighted by Crippen LogP contribution is 2.13. The first-order valence-corrected chi connectivity index (χ1v) is 7.97. The van der Waals surface area contributed by atoms with Crippen molar-refractivity contribution in [2.75, 3.05) is 6.61 Å². The molecule has 2 heterocycles. The van der Waals surface area contributed by atoms with Gasteiger partial charge in [0.05, 0.1) is 36.9 Å². The molecule has 0 spiro atoms. The lowest BCUT2D eigenvalue weighted by Gasteiger charge is -2.11. The molecule has 0 aliphatic carbocycles. The summed E-state index contributed by atoms with van der Waals surface area (Å²) in [7, 11) is 1.74. The second-order valence-corrected chi connectivity index (χ2v) is 6.22. The summed E-state index contributed by atoms with van der Waals surface area (Å²) in [5.41, 5.74) is 1.56. The number of para-hydroxylation sites is 2. The van der Waals surface area contributed by atoms with Crippen molar-refractivity contribution in [3.8, 4) is 0 Å². The topological polar surface area (TPSA) is 56.4 Å². The maximum absolute atomic E-state index is 12.3. The molecule has 2 aromatic heterocycles. The summed E-state index contributed by atoms with van der Waals surface area (Å²) in [5, 5.41) is 12.1. The van der Waals surface area contributed by atoms with Crippen LogP contribution in [0.5, 0.6) is 0 Å². The normalized spacial score (nSPS) is 12.8. The second kappa shape index (κ2) is 6.48. The van der Waals surface area contributed by atoms with Gasteiger partial charge in [-0.1, -0.05) is 18.2 Å². The number of aliphatic hydroxyl groups excluding tert-OH is 1. The van der Waals surface area contributed by atoms with Crippen molar-refractivity contribution in [1.29, 1.82) is 0 Å². The number of aryl methyl sites for hydroxylation is 1. The van der Waals surface area contributed by atoms with Crippen LogP contribution in [0.3, 0.4) is 0 Å². The first-order valence-electron chi connectivity index (χ1n) is 7.09. The maximum Gasteiger partial charge on any atom is 0.328 e. The van der Waals surface area contributed by atoms with Gasteiger partial charge in [-0.25, -0.2) is 4.79 Å². The predicted octanol–water partition coefficient (Wildman–Crippen LogP) is 1.98. The number of thiophene rings is 1. The van der Waals surface area contributed by atoms with Crippen molar-refractivity contribution in [3.63, 3.8) is 0 Å². The molecule has 22 heavy (non-hydrogen) atoms. The molecule has 0 aliphatic rings. The Bertz CT molecular complexity index is 805. The molecular weight excluding hydrogens is 300 g/mol. The lowest BCUT2D eigenvalue weighted by molar-refractivity contribution is 0.0213. The number of hydrogen-bond donors (Lipinski definition) is 1. The van der Waals surface area contributed by atoms with Crippen LogP contribution < -0.4 is 5.69 Å². The van der Waals surface area contributed by atoms with E-state index in [-0.39, 0.29) is 18.8 Å². The number of nitrogens with zero attached hydrogens (tertiary/aromatic N) is 2. The number of rotatable bonds is 6. The molecule has 6 heteroatoms. The third-order valence-corrected chi connectivity index (χ3v) is 4.43. The number of benzene rings is 1. The van der Waals surface area contributed by atoms with Crippen LogP contribution in [0.25, 0.3) is 11.0 Å². The highest BCUT2D eigenvalue weighted by Gasteiger charge is 2.14. The van der Waals surface area contributed by atoms with Gasteiger partial charge in [-0.3, -0.25) is 9.13 Å². The van der Waals surface area contributed by atoms with Crippen molar-refractivity contribution < 1.29 is 9.84 Å². The summed E-state index contributed by atoms with van der Waals surface area (Å²) in [6, 6.07) is 11.5. The second-order valence-electron chi connectivity index (χ2n) is 5.19. The van der Waals surface area contributed by atoms with Crippen LogP contribution in [0.15, 0.2) is 46.6 Å². The Hall–Kier alpha value is -1.89. The van der Waals surface area contributed by atoms with E-state index in [1.54, 1.807) is 27.5 Å². The monoisotopic (exact) mass is 318 g/mol. The van der Waals surface area contributed by atoms with Gasteiger partial charge in [0.15, 0.2) is 0 Å². The van der Waals surface area contributed by atoms with Gasteiger partial charge in [-0.2, -0.15) is 0 Å². The van der Waals surface area contributed by atoms with Gasteiger partial charge in [0.2, 0.25) is 0 Å². The van der Waals surface area contributed by atoms with Gasteiger partial charge in [0.25, 0.3) is 0 Å². The summed E-state index contributed by atoms with van der Waals surface area (Å²) in [4.78, 5) is 13.4. The van der Waals surface area contributed by atoms with Gasteiger partial charge in [0, 0.05) is 11.9 Å². The Kier molecular flexibility index (Phi) is 4.42. The van der Waals surface area contributed by atoms with Crippen LogP contribution in [-0.2, 0) is 24.9 Å². The molecule has 0 aliphatic heterocycles. The Morgan fingerprint density at radius 2 is 2.00 bits per heavy atom. The fraction of sp³-hybridized carbons (Fsp3) is 0.312. The number of aromatic nitrogens is 2. The lowest BCUT2D eigenvalue weighted by Crippen LogP contribution is -2.29. The molecule has 1 atom stereocenters. The van der Waals surface area contributed by atoms with Crippen molar-refractivity contribution in [3.05, 3.63) is 57.1 Å². The fourth-order valence-electron chi connectivity index (χ4n) is 2.49. The van der Waals surface area contributed by atoms with Crippen LogP contribution in [0.1, 0.15) is 4.88 Å². The van der Waals surface area contributed by atoms with Crippen molar-refractivity contribution in [2.24, 2.45) is 7.05 Å². The van der Waals surface area contributed by atoms with Crippen LogP contribution in [0.2, 0.25) is 0 Å². The van der Waals surface area contributed by atoms with Crippen molar-refractivity contribution in [1.82, 2.24) is 9.13 Å². The molecule has 0 amide bonds. The maximum atomic E-state index is 12.3. The van der Waals surface area contributed by atoms with E-state index in [1.165, 1.54) is 0 Å². The van der Waals surface area contributed by atoms with E-state index in [2.05, 4.69) is 0 Å². The molecule has 0 fully saturated rings. The number of hydrogen-bond acceptors (Lipinski definition) is 4. The van der Waals surface area contributed by atoms with Crippen LogP contribution in [0.4, 0.5) is 0 Å². The molecule has 3 aromatic rings. The fourth-order valence-corrected chi connectivity index (χ4v) is 3.13. The summed E-state index contributed by atoms with van der Waals surface area (Å²) < 4.78 is 8.69. The van der Waals surface area contributed by atoms with Crippen molar-refractivity contribution >= 4 is 22.4 Å². The van der Waals surface area contributed by atoms with E-state index in [0.717, 1.165) is 15.9 Å². The number of ether oxygens (including phenoxy) is 1. The Labute approximate surface area is 132 Å². The minimum Gasteiger partial charge on any atom is -0.389 e. The predicted molar refractivity (Wildman–Crippen MR) is 87.2 cm³/mol. The van der Waals surface area contributed by atoms with Gasteiger partial charge in [-0.05, 0) is 23.6 Å². The lowest BCUT2D eigenvalue weighted by atomic mass is 10.3. The number of fused-ring (bicyclic) bond motifs is 1. The van der Waals surface area contributed by atoms with E-state index in [0.29, 0.717) is 6.61 Å². The van der Waals surface area contributed by atoms with E-state index in [9.17, 15) is 9.90 Å². The third kappa shape index (κ3) is 2.99.